The minimum atomic E-state index is -0.419. The maximum absolute atomic E-state index is 14.9. The highest BCUT2D eigenvalue weighted by atomic mass is 35.5. The second kappa shape index (κ2) is 12.5. The molecule has 0 aromatic carbocycles. The Kier molecular flexibility index (Phi) is 9.39. The van der Waals surface area contributed by atoms with Crippen LogP contribution in [-0.2, 0) is 9.47 Å². The van der Waals surface area contributed by atoms with E-state index < -0.39 is 5.82 Å². The number of ether oxygens (including phenoxy) is 2. The number of hydrogen-bond donors (Lipinski definition) is 3. The average molecular weight is 520 g/mol. The molecule has 1 atom stereocenters. The summed E-state index contributed by atoms with van der Waals surface area (Å²) in [4.78, 5) is 8.63. The lowest BCUT2D eigenvalue weighted by Gasteiger charge is -2.33. The number of hydrogen-bond acceptors (Lipinski definition) is 7. The molecule has 0 spiro atoms. The highest BCUT2D eigenvalue weighted by molar-refractivity contribution is 6.32. The molecule has 1 saturated carbocycles. The fourth-order valence-corrected chi connectivity index (χ4v) is 5.33. The maximum atomic E-state index is 14.9. The Balaban J connectivity index is 1.40. The van der Waals surface area contributed by atoms with Crippen molar-refractivity contribution in [3.63, 3.8) is 0 Å². The van der Waals surface area contributed by atoms with E-state index in [0.29, 0.717) is 41.7 Å². The van der Waals surface area contributed by atoms with Crippen LogP contribution in [-0.4, -0.2) is 61.6 Å². The summed E-state index contributed by atoms with van der Waals surface area (Å²) in [6.07, 6.45) is 9.18. The lowest BCUT2D eigenvalue weighted by molar-refractivity contribution is 0.0300. The molecule has 7 nitrogen and oxygen atoms in total. The van der Waals surface area contributed by atoms with Gasteiger partial charge >= 0.3 is 0 Å². The third-order valence-electron chi connectivity index (χ3n) is 7.42. The lowest BCUT2D eigenvalue weighted by Crippen LogP contribution is -2.42. The van der Waals surface area contributed by atoms with Crippen molar-refractivity contribution in [2.24, 2.45) is 5.41 Å². The highest BCUT2D eigenvalue weighted by Gasteiger charge is 2.27. The van der Waals surface area contributed by atoms with Gasteiger partial charge in [-0.3, -0.25) is 0 Å². The van der Waals surface area contributed by atoms with Crippen molar-refractivity contribution in [2.45, 2.75) is 70.5 Å². The van der Waals surface area contributed by atoms with E-state index in [0.717, 1.165) is 64.0 Å². The standard InChI is InChI=1S/C27H39ClFN5O2/c1-18(16-35-3)33-19-4-6-20(7-5-19)34-25-13-22(24(29)15-30-25)23-12-21(14-31-26(23)28)32-17-27(2)8-10-36-11-9-27/h12-15,18-20,32-33H,4-11,16-17H2,1-3H3,(H,30,34)/t18-,19?,20?/m0/s1. The summed E-state index contributed by atoms with van der Waals surface area (Å²) in [7, 11) is 1.73. The van der Waals surface area contributed by atoms with Crippen molar-refractivity contribution in [1.82, 2.24) is 15.3 Å². The van der Waals surface area contributed by atoms with Gasteiger partial charge in [0.25, 0.3) is 0 Å². The molecule has 2 aliphatic rings. The number of rotatable bonds is 10. The molecule has 36 heavy (non-hydrogen) atoms. The first-order chi connectivity index (χ1) is 17.3. The van der Waals surface area contributed by atoms with Crippen LogP contribution in [0.25, 0.3) is 11.1 Å². The molecule has 0 unspecified atom stereocenters. The van der Waals surface area contributed by atoms with Crippen molar-refractivity contribution >= 4 is 23.1 Å². The third-order valence-corrected chi connectivity index (χ3v) is 7.72. The van der Waals surface area contributed by atoms with Gasteiger partial charge in [0.2, 0.25) is 0 Å². The fourth-order valence-electron chi connectivity index (χ4n) is 5.13. The van der Waals surface area contributed by atoms with Crippen molar-refractivity contribution in [2.75, 3.05) is 44.1 Å². The van der Waals surface area contributed by atoms with Crippen LogP contribution in [0.15, 0.2) is 24.5 Å². The van der Waals surface area contributed by atoms with Gasteiger partial charge < -0.3 is 25.4 Å². The Morgan fingerprint density at radius 1 is 1.11 bits per heavy atom. The zero-order chi connectivity index (χ0) is 25.5. The molecule has 0 amide bonds. The van der Waals surface area contributed by atoms with Gasteiger partial charge in [0.05, 0.1) is 24.7 Å². The molecule has 2 aromatic heterocycles. The summed E-state index contributed by atoms with van der Waals surface area (Å²) in [5.41, 5.74) is 1.94. The molecule has 4 rings (SSSR count). The smallest absolute Gasteiger partial charge is 0.149 e. The summed E-state index contributed by atoms with van der Waals surface area (Å²) in [6, 6.07) is 4.75. The van der Waals surface area contributed by atoms with Crippen LogP contribution in [0.1, 0.15) is 52.4 Å². The predicted octanol–water partition coefficient (Wildman–Crippen LogP) is 5.51. The first-order valence-corrected chi connectivity index (χ1v) is 13.4. The van der Waals surface area contributed by atoms with Gasteiger partial charge in [-0.25, -0.2) is 14.4 Å². The average Bonchev–Trinajstić information content (AvgIpc) is 2.87. The van der Waals surface area contributed by atoms with Gasteiger partial charge in [0.1, 0.15) is 16.8 Å². The Morgan fingerprint density at radius 2 is 1.83 bits per heavy atom. The Labute approximate surface area is 218 Å². The fraction of sp³-hybridized carbons (Fsp3) is 0.630. The molecular weight excluding hydrogens is 481 g/mol. The van der Waals surface area contributed by atoms with E-state index in [9.17, 15) is 4.39 Å². The Morgan fingerprint density at radius 3 is 2.56 bits per heavy atom. The summed E-state index contributed by atoms with van der Waals surface area (Å²) in [5.74, 6) is 0.234. The largest absolute Gasteiger partial charge is 0.383 e. The second-order valence-electron chi connectivity index (χ2n) is 10.6. The topological polar surface area (TPSA) is 80.3 Å². The summed E-state index contributed by atoms with van der Waals surface area (Å²) in [5, 5.41) is 10.9. The molecule has 1 aliphatic carbocycles. The van der Waals surface area contributed by atoms with Crippen LogP contribution in [0.3, 0.4) is 0 Å². The first kappa shape index (κ1) is 27.0. The molecule has 1 aliphatic heterocycles. The van der Waals surface area contributed by atoms with Crippen LogP contribution < -0.4 is 16.0 Å². The molecule has 2 fully saturated rings. The van der Waals surface area contributed by atoms with Gasteiger partial charge in [-0.1, -0.05) is 18.5 Å². The SMILES string of the molecule is COC[C@H](C)NC1CCC(Nc2cc(-c3cc(NCC4(C)CCOCC4)cnc3Cl)c(F)cn2)CC1. The van der Waals surface area contributed by atoms with E-state index in [1.165, 1.54) is 6.20 Å². The van der Waals surface area contributed by atoms with Crippen molar-refractivity contribution < 1.29 is 13.9 Å². The van der Waals surface area contributed by atoms with Crippen LogP contribution in [0, 0.1) is 11.2 Å². The lowest BCUT2D eigenvalue weighted by atomic mass is 9.82. The van der Waals surface area contributed by atoms with E-state index in [2.05, 4.69) is 39.8 Å². The van der Waals surface area contributed by atoms with Crippen molar-refractivity contribution in [3.8, 4) is 11.1 Å². The molecule has 2 aromatic rings. The normalized spacial score (nSPS) is 22.7. The summed E-state index contributed by atoms with van der Waals surface area (Å²) < 4.78 is 25.6. The number of nitrogens with one attached hydrogen (secondary N) is 3. The van der Waals surface area contributed by atoms with Crippen LogP contribution in [0.5, 0.6) is 0 Å². The predicted molar refractivity (Wildman–Crippen MR) is 143 cm³/mol. The number of nitrogens with zero attached hydrogens (tertiary/aromatic N) is 2. The van der Waals surface area contributed by atoms with Crippen LogP contribution >= 0.6 is 11.6 Å². The summed E-state index contributed by atoms with van der Waals surface area (Å²) in [6.45, 7) is 7.48. The van der Waals surface area contributed by atoms with E-state index in [1.807, 2.05) is 6.07 Å². The van der Waals surface area contributed by atoms with Gasteiger partial charge in [-0.15, -0.1) is 0 Å². The second-order valence-corrected chi connectivity index (χ2v) is 11.0. The van der Waals surface area contributed by atoms with E-state index >= 15 is 0 Å². The number of halogens is 2. The number of anilines is 2. The van der Waals surface area contributed by atoms with E-state index in [1.54, 1.807) is 19.4 Å². The molecule has 9 heteroatoms. The number of aromatic nitrogens is 2. The Hall–Kier alpha value is -2.00. The molecule has 3 heterocycles. The zero-order valence-corrected chi connectivity index (χ0v) is 22.3. The molecule has 198 valence electrons. The molecule has 0 radical (unpaired) electrons. The van der Waals surface area contributed by atoms with Gasteiger partial charge in [-0.2, -0.15) is 0 Å². The number of methoxy groups -OCH3 is 1. The van der Waals surface area contributed by atoms with Gasteiger partial charge in [-0.05, 0) is 63.0 Å². The van der Waals surface area contributed by atoms with Gasteiger partial charge in [0, 0.05) is 56.1 Å². The minimum absolute atomic E-state index is 0.160. The molecule has 0 bridgehead atoms. The first-order valence-electron chi connectivity index (χ1n) is 13.0. The monoisotopic (exact) mass is 519 g/mol. The highest BCUT2D eigenvalue weighted by Crippen LogP contribution is 2.34. The number of pyridine rings is 2. The van der Waals surface area contributed by atoms with E-state index in [-0.39, 0.29) is 10.6 Å². The van der Waals surface area contributed by atoms with Crippen LogP contribution in [0.2, 0.25) is 5.15 Å². The molecular formula is C27H39ClFN5O2. The minimum Gasteiger partial charge on any atom is -0.383 e. The quantitative estimate of drug-likeness (QED) is 0.357. The van der Waals surface area contributed by atoms with Crippen molar-refractivity contribution in [3.05, 3.63) is 35.5 Å². The maximum Gasteiger partial charge on any atom is 0.149 e. The van der Waals surface area contributed by atoms with Crippen LogP contribution in [0.4, 0.5) is 15.9 Å². The van der Waals surface area contributed by atoms with Crippen molar-refractivity contribution in [1.29, 1.82) is 0 Å². The summed E-state index contributed by atoms with van der Waals surface area (Å²) >= 11 is 6.42. The van der Waals surface area contributed by atoms with Gasteiger partial charge in [0.15, 0.2) is 0 Å². The zero-order valence-electron chi connectivity index (χ0n) is 21.6. The Bertz CT molecular complexity index is 996. The van der Waals surface area contributed by atoms with E-state index in [4.69, 9.17) is 21.1 Å². The molecule has 1 saturated heterocycles. The molecule has 3 N–H and O–H groups in total. The third kappa shape index (κ3) is 7.28.